The van der Waals surface area contributed by atoms with E-state index in [9.17, 15) is 9.90 Å². The van der Waals surface area contributed by atoms with E-state index in [1.54, 1.807) is 13.1 Å². The molecule has 0 bridgehead atoms. The number of amides is 1. The van der Waals surface area contributed by atoms with Crippen LogP contribution in [0.4, 0.5) is 0 Å². The van der Waals surface area contributed by atoms with E-state index in [0.717, 1.165) is 29.4 Å². The Morgan fingerprint density at radius 3 is 2.67 bits per heavy atom. The Morgan fingerprint density at radius 2 is 1.93 bits per heavy atom. The number of likely N-dealkylation sites (N-methyl/N-ethyl adjacent to an activating group) is 1. The van der Waals surface area contributed by atoms with Crippen LogP contribution in [0.2, 0.25) is 0 Å². The minimum atomic E-state index is -0.746. The summed E-state index contributed by atoms with van der Waals surface area (Å²) in [6.07, 6.45) is -0.314. The number of nitrogens with one attached hydrogen (secondary N) is 1. The predicted octanol–water partition coefficient (Wildman–Crippen LogP) is 2.58. The van der Waals surface area contributed by atoms with Gasteiger partial charge in [0.05, 0.1) is 11.6 Å². The van der Waals surface area contributed by atoms with E-state index in [-0.39, 0.29) is 17.9 Å². The molecule has 2 heterocycles. The van der Waals surface area contributed by atoms with Crippen LogP contribution in [-0.4, -0.2) is 59.8 Å². The van der Waals surface area contributed by atoms with E-state index >= 15 is 0 Å². The molecule has 2 N–H and O–H groups in total. The molecule has 0 radical (unpaired) electrons. The Hall–Kier alpha value is -2.96. The van der Waals surface area contributed by atoms with Crippen LogP contribution in [-0.2, 0) is 4.79 Å². The van der Waals surface area contributed by atoms with Crippen LogP contribution >= 0.6 is 0 Å². The second-order valence-electron chi connectivity index (χ2n) is 7.71. The molecule has 3 aromatic rings. The van der Waals surface area contributed by atoms with Crippen LogP contribution in [0.5, 0.6) is 5.88 Å². The van der Waals surface area contributed by atoms with Gasteiger partial charge in [0, 0.05) is 44.1 Å². The number of pyridine rings is 1. The normalized spacial score (nSPS) is 18.8. The molecule has 1 aliphatic rings. The zero-order chi connectivity index (χ0) is 20.9. The predicted molar refractivity (Wildman–Crippen MR) is 116 cm³/mol. The molecule has 1 fully saturated rings. The zero-order valence-corrected chi connectivity index (χ0v) is 17.1. The van der Waals surface area contributed by atoms with Crippen molar-refractivity contribution in [2.24, 2.45) is 0 Å². The van der Waals surface area contributed by atoms with Gasteiger partial charge in [-0.2, -0.15) is 0 Å². The highest BCUT2D eigenvalue weighted by molar-refractivity contribution is 5.82. The summed E-state index contributed by atoms with van der Waals surface area (Å²) in [7, 11) is 1.62. The van der Waals surface area contributed by atoms with Crippen molar-refractivity contribution in [2.45, 2.75) is 24.5 Å². The summed E-state index contributed by atoms with van der Waals surface area (Å²) in [5.41, 5.74) is 1.85. The molecule has 156 valence electrons. The van der Waals surface area contributed by atoms with Crippen molar-refractivity contribution in [1.29, 1.82) is 0 Å². The van der Waals surface area contributed by atoms with E-state index in [2.05, 4.69) is 15.2 Å². The number of likely N-dealkylation sites (tertiary alicyclic amines) is 1. The van der Waals surface area contributed by atoms with Crippen molar-refractivity contribution >= 4 is 16.8 Å². The molecule has 1 saturated heterocycles. The Morgan fingerprint density at radius 1 is 1.17 bits per heavy atom. The average molecular weight is 405 g/mol. The average Bonchev–Trinajstić information content (AvgIpc) is 3.20. The van der Waals surface area contributed by atoms with E-state index in [4.69, 9.17) is 4.74 Å². The number of nitrogens with zero attached hydrogens (tertiary/aromatic N) is 2. The topological polar surface area (TPSA) is 74.7 Å². The maximum atomic E-state index is 12.9. The molecule has 30 heavy (non-hydrogen) atoms. The molecule has 1 amide bonds. The number of hydrogen-bond acceptors (Lipinski definition) is 5. The van der Waals surface area contributed by atoms with Crippen molar-refractivity contribution in [1.82, 2.24) is 15.2 Å². The fourth-order valence-electron chi connectivity index (χ4n) is 4.04. The van der Waals surface area contributed by atoms with Gasteiger partial charge in [0.25, 0.3) is 5.91 Å². The van der Waals surface area contributed by atoms with Crippen molar-refractivity contribution < 1.29 is 14.6 Å². The summed E-state index contributed by atoms with van der Waals surface area (Å²) in [5, 5.41) is 13.7. The van der Waals surface area contributed by atoms with Gasteiger partial charge in [-0.1, -0.05) is 48.5 Å². The van der Waals surface area contributed by atoms with E-state index < -0.39 is 6.10 Å². The number of benzene rings is 2. The molecule has 0 spiro atoms. The van der Waals surface area contributed by atoms with E-state index in [0.29, 0.717) is 19.0 Å². The number of aromatic nitrogens is 1. The molecule has 0 saturated carbocycles. The highest BCUT2D eigenvalue weighted by Gasteiger charge is 2.34. The monoisotopic (exact) mass is 405 g/mol. The largest absolute Gasteiger partial charge is 0.463 e. The highest BCUT2D eigenvalue weighted by atomic mass is 16.5. The lowest BCUT2D eigenvalue weighted by atomic mass is 9.92. The smallest absolute Gasteiger partial charge is 0.261 e. The van der Waals surface area contributed by atoms with Gasteiger partial charge in [-0.3, -0.25) is 9.69 Å². The highest BCUT2D eigenvalue weighted by Crippen LogP contribution is 2.27. The lowest BCUT2D eigenvalue weighted by molar-refractivity contribution is -0.128. The number of aliphatic hydroxyl groups excluding tert-OH is 1. The van der Waals surface area contributed by atoms with Crippen LogP contribution in [0.15, 0.2) is 66.7 Å². The van der Waals surface area contributed by atoms with Crippen molar-refractivity contribution in [3.8, 4) is 5.88 Å². The van der Waals surface area contributed by atoms with Gasteiger partial charge < -0.3 is 15.2 Å². The third-order valence-corrected chi connectivity index (χ3v) is 5.62. The third kappa shape index (κ3) is 4.61. The van der Waals surface area contributed by atoms with Gasteiger partial charge in [-0.25, -0.2) is 4.98 Å². The second kappa shape index (κ2) is 9.24. The first kappa shape index (κ1) is 20.3. The Bertz CT molecular complexity index is 995. The van der Waals surface area contributed by atoms with E-state index in [1.807, 2.05) is 60.7 Å². The number of carbonyl (C=O) groups is 1. The fraction of sp³-hybridized carbons (Fsp3) is 0.333. The Labute approximate surface area is 176 Å². The molecule has 3 atom stereocenters. The first-order valence-electron chi connectivity index (χ1n) is 10.3. The number of carbonyl (C=O) groups excluding carboxylic acids is 1. The van der Waals surface area contributed by atoms with Crippen LogP contribution < -0.4 is 10.1 Å². The molecule has 4 rings (SSSR count). The van der Waals surface area contributed by atoms with Gasteiger partial charge in [0.15, 0.2) is 6.10 Å². The number of rotatable bonds is 7. The van der Waals surface area contributed by atoms with Crippen LogP contribution in [0, 0.1) is 0 Å². The lowest BCUT2D eigenvalue weighted by Crippen LogP contribution is -2.45. The minimum absolute atomic E-state index is 0.196. The van der Waals surface area contributed by atoms with Crippen LogP contribution in [0.1, 0.15) is 17.9 Å². The Balaban J connectivity index is 1.65. The number of hydrogen-bond donors (Lipinski definition) is 2. The first-order valence-corrected chi connectivity index (χ1v) is 10.3. The SMILES string of the molecule is CNC(=O)C(Oc1ccc2ccccc2n1)[C@H](CN1CC[C@H](O)C1)c1ccccc1. The standard InChI is InChI=1S/C24H27N3O3/c1-25-24(29)23(30-22-12-11-18-9-5-6-10-21(18)26-22)20(17-7-3-2-4-8-17)16-27-14-13-19(28)15-27/h2-12,19-20,23,28H,13-16H2,1H3,(H,25,29)/t19-,20+,23?/m0/s1. The third-order valence-electron chi connectivity index (χ3n) is 5.62. The fourth-order valence-corrected chi connectivity index (χ4v) is 4.04. The molecule has 1 unspecified atom stereocenters. The van der Waals surface area contributed by atoms with Gasteiger partial charge in [-0.15, -0.1) is 0 Å². The van der Waals surface area contributed by atoms with Crippen molar-refractivity contribution in [2.75, 3.05) is 26.7 Å². The molecule has 1 aliphatic heterocycles. The summed E-state index contributed by atoms with van der Waals surface area (Å²) in [6.45, 7) is 2.03. The molecule has 0 aliphatic carbocycles. The number of ether oxygens (including phenoxy) is 1. The van der Waals surface area contributed by atoms with Gasteiger partial charge in [0.1, 0.15) is 0 Å². The zero-order valence-electron chi connectivity index (χ0n) is 17.1. The summed E-state index contributed by atoms with van der Waals surface area (Å²) < 4.78 is 6.22. The number of fused-ring (bicyclic) bond motifs is 1. The van der Waals surface area contributed by atoms with Gasteiger partial charge in [0.2, 0.25) is 5.88 Å². The van der Waals surface area contributed by atoms with Crippen molar-refractivity contribution in [3.63, 3.8) is 0 Å². The number of aliphatic hydroxyl groups is 1. The quantitative estimate of drug-likeness (QED) is 0.632. The lowest BCUT2D eigenvalue weighted by Gasteiger charge is -2.30. The van der Waals surface area contributed by atoms with Crippen LogP contribution in [0.25, 0.3) is 10.9 Å². The van der Waals surface area contributed by atoms with E-state index in [1.165, 1.54) is 0 Å². The minimum Gasteiger partial charge on any atom is -0.463 e. The Kier molecular flexibility index (Phi) is 6.26. The molecule has 6 nitrogen and oxygen atoms in total. The summed E-state index contributed by atoms with van der Waals surface area (Å²) >= 11 is 0. The number of β-amino-alcohol motifs (C(OH)–C–C–N with tert-alkyl or cyclic N) is 1. The second-order valence-corrected chi connectivity index (χ2v) is 7.71. The molecular formula is C24H27N3O3. The summed E-state index contributed by atoms with van der Waals surface area (Å²) in [5.74, 6) is 0.0213. The molecule has 2 aromatic carbocycles. The van der Waals surface area contributed by atoms with Gasteiger partial charge >= 0.3 is 0 Å². The van der Waals surface area contributed by atoms with Crippen LogP contribution in [0.3, 0.4) is 0 Å². The summed E-state index contributed by atoms with van der Waals surface area (Å²) in [6, 6.07) is 21.5. The van der Waals surface area contributed by atoms with Gasteiger partial charge in [-0.05, 0) is 24.1 Å². The molecule has 6 heteroatoms. The summed E-state index contributed by atoms with van der Waals surface area (Å²) in [4.78, 5) is 19.7. The number of para-hydroxylation sites is 1. The molecule has 1 aromatic heterocycles. The first-order chi connectivity index (χ1) is 14.6. The van der Waals surface area contributed by atoms with Crippen molar-refractivity contribution in [3.05, 3.63) is 72.3 Å². The molecular weight excluding hydrogens is 378 g/mol. The maximum Gasteiger partial charge on any atom is 0.261 e. The maximum absolute atomic E-state index is 12.9.